The molecule has 1 saturated carbocycles. The molecule has 1 heterocycles. The number of ether oxygens (including phenoxy) is 2. The smallest absolute Gasteiger partial charge is 0.162 e. The summed E-state index contributed by atoms with van der Waals surface area (Å²) >= 11 is 6.28. The molecule has 0 aromatic heterocycles. The van der Waals surface area contributed by atoms with Gasteiger partial charge in [0.1, 0.15) is 13.2 Å². The predicted octanol–water partition coefficient (Wildman–Crippen LogP) is 4.51. The molecule has 1 fully saturated rings. The molecule has 0 saturated heterocycles. The Labute approximate surface area is 131 Å². The van der Waals surface area contributed by atoms with Crippen molar-refractivity contribution in [3.05, 3.63) is 22.7 Å². The second kappa shape index (κ2) is 6.89. The van der Waals surface area contributed by atoms with Crippen LogP contribution in [0.25, 0.3) is 0 Å². The Morgan fingerprint density at radius 3 is 2.48 bits per heavy atom. The van der Waals surface area contributed by atoms with E-state index in [1.807, 2.05) is 6.07 Å². The van der Waals surface area contributed by atoms with Crippen LogP contribution in [0, 0.1) is 5.92 Å². The van der Waals surface area contributed by atoms with Crippen LogP contribution in [0.1, 0.15) is 56.6 Å². The largest absolute Gasteiger partial charge is 0.486 e. The quantitative estimate of drug-likeness (QED) is 0.889. The van der Waals surface area contributed by atoms with Crippen molar-refractivity contribution in [1.82, 2.24) is 0 Å². The van der Waals surface area contributed by atoms with Crippen LogP contribution < -0.4 is 9.47 Å². The van der Waals surface area contributed by atoms with Crippen molar-refractivity contribution in [3.8, 4) is 11.5 Å². The normalized spacial score (nSPS) is 20.3. The number of halogens is 1. The third-order valence-electron chi connectivity index (χ3n) is 4.59. The molecule has 0 bridgehead atoms. The second-order valence-electron chi connectivity index (χ2n) is 6.11. The van der Waals surface area contributed by atoms with Crippen LogP contribution in [0.4, 0.5) is 0 Å². The molecule has 0 radical (unpaired) electrons. The number of benzene rings is 1. The van der Waals surface area contributed by atoms with Gasteiger partial charge in [0.05, 0.1) is 11.1 Å². The number of aliphatic hydroxyl groups excluding tert-OH is 1. The maximum absolute atomic E-state index is 10.5. The van der Waals surface area contributed by atoms with Crippen molar-refractivity contribution in [1.29, 1.82) is 0 Å². The van der Waals surface area contributed by atoms with Crippen LogP contribution in [0.5, 0.6) is 11.5 Å². The fourth-order valence-electron chi connectivity index (χ4n) is 3.36. The summed E-state index contributed by atoms with van der Waals surface area (Å²) < 4.78 is 11.1. The molecule has 0 amide bonds. The van der Waals surface area contributed by atoms with Crippen molar-refractivity contribution in [2.45, 2.75) is 51.0 Å². The highest BCUT2D eigenvalue weighted by Gasteiger charge is 2.21. The van der Waals surface area contributed by atoms with Gasteiger partial charge in [-0.15, -0.1) is 0 Å². The summed E-state index contributed by atoms with van der Waals surface area (Å²) in [5, 5.41) is 11.0. The van der Waals surface area contributed by atoms with Crippen LogP contribution in [-0.2, 0) is 0 Å². The highest BCUT2D eigenvalue weighted by molar-refractivity contribution is 6.31. The molecule has 1 aromatic rings. The number of hydrogen-bond acceptors (Lipinski definition) is 3. The zero-order chi connectivity index (χ0) is 14.7. The van der Waals surface area contributed by atoms with Gasteiger partial charge in [0, 0.05) is 11.6 Å². The van der Waals surface area contributed by atoms with E-state index in [1.165, 1.54) is 32.1 Å². The molecule has 2 aliphatic rings. The zero-order valence-corrected chi connectivity index (χ0v) is 13.1. The molecule has 116 valence electrons. The summed E-state index contributed by atoms with van der Waals surface area (Å²) in [6, 6.07) is 3.59. The van der Waals surface area contributed by atoms with E-state index in [1.54, 1.807) is 6.07 Å². The van der Waals surface area contributed by atoms with E-state index in [-0.39, 0.29) is 0 Å². The van der Waals surface area contributed by atoms with Gasteiger partial charge in [-0.25, -0.2) is 0 Å². The van der Waals surface area contributed by atoms with E-state index in [0.29, 0.717) is 29.7 Å². The lowest BCUT2D eigenvalue weighted by atomic mass is 9.85. The Morgan fingerprint density at radius 2 is 1.76 bits per heavy atom. The zero-order valence-electron chi connectivity index (χ0n) is 12.3. The fourth-order valence-corrected chi connectivity index (χ4v) is 3.64. The van der Waals surface area contributed by atoms with E-state index >= 15 is 0 Å². The minimum absolute atomic E-state index is 0.518. The van der Waals surface area contributed by atoms with E-state index in [9.17, 15) is 5.11 Å². The minimum atomic E-state index is -0.518. The average Bonchev–Trinajstić information content (AvgIpc) is 2.53. The third kappa shape index (κ3) is 3.64. The fraction of sp³-hybridized carbons (Fsp3) is 0.647. The summed E-state index contributed by atoms with van der Waals surface area (Å²) in [5.74, 6) is 2.14. The van der Waals surface area contributed by atoms with Crippen LogP contribution in [0.2, 0.25) is 5.02 Å². The SMILES string of the molecule is OC(CCC1CCCCC1)c1cc2c(cc1Cl)OCCO2. The van der Waals surface area contributed by atoms with Crippen molar-refractivity contribution in [3.63, 3.8) is 0 Å². The molecule has 1 N–H and O–H groups in total. The van der Waals surface area contributed by atoms with E-state index in [2.05, 4.69) is 0 Å². The molecule has 1 aliphatic carbocycles. The topological polar surface area (TPSA) is 38.7 Å². The Hall–Kier alpha value is -0.930. The lowest BCUT2D eigenvalue weighted by molar-refractivity contribution is 0.148. The van der Waals surface area contributed by atoms with Gasteiger partial charge in [-0.05, 0) is 24.8 Å². The van der Waals surface area contributed by atoms with Crippen molar-refractivity contribution in [2.75, 3.05) is 13.2 Å². The summed E-state index contributed by atoms with van der Waals surface area (Å²) in [5.41, 5.74) is 0.761. The molecule has 1 unspecified atom stereocenters. The molecule has 1 aromatic carbocycles. The monoisotopic (exact) mass is 310 g/mol. The highest BCUT2D eigenvalue weighted by atomic mass is 35.5. The first-order valence-corrected chi connectivity index (χ1v) is 8.39. The lowest BCUT2D eigenvalue weighted by Gasteiger charge is -2.24. The van der Waals surface area contributed by atoms with Gasteiger partial charge in [0.2, 0.25) is 0 Å². The van der Waals surface area contributed by atoms with Gasteiger partial charge in [-0.2, -0.15) is 0 Å². The van der Waals surface area contributed by atoms with Crippen molar-refractivity contribution >= 4 is 11.6 Å². The predicted molar refractivity (Wildman–Crippen MR) is 83.2 cm³/mol. The van der Waals surface area contributed by atoms with Gasteiger partial charge in [0.25, 0.3) is 0 Å². The van der Waals surface area contributed by atoms with Gasteiger partial charge in [-0.3, -0.25) is 0 Å². The van der Waals surface area contributed by atoms with Gasteiger partial charge in [-0.1, -0.05) is 43.7 Å². The van der Waals surface area contributed by atoms with Crippen LogP contribution >= 0.6 is 11.6 Å². The number of fused-ring (bicyclic) bond motifs is 1. The van der Waals surface area contributed by atoms with Crippen molar-refractivity contribution < 1.29 is 14.6 Å². The van der Waals surface area contributed by atoms with Crippen molar-refractivity contribution in [2.24, 2.45) is 5.92 Å². The number of hydrogen-bond donors (Lipinski definition) is 1. The Morgan fingerprint density at radius 1 is 1.10 bits per heavy atom. The molecule has 0 spiro atoms. The van der Waals surface area contributed by atoms with E-state index < -0.39 is 6.10 Å². The van der Waals surface area contributed by atoms with E-state index in [0.717, 1.165) is 24.3 Å². The molecule has 1 aliphatic heterocycles. The summed E-state index contributed by atoms with van der Waals surface area (Å²) in [6.07, 6.45) is 7.98. The number of rotatable bonds is 4. The summed E-state index contributed by atoms with van der Waals surface area (Å²) in [4.78, 5) is 0. The maximum Gasteiger partial charge on any atom is 0.162 e. The molecular weight excluding hydrogens is 288 g/mol. The Bertz CT molecular complexity index is 483. The maximum atomic E-state index is 10.5. The minimum Gasteiger partial charge on any atom is -0.486 e. The van der Waals surface area contributed by atoms with Gasteiger partial charge in [0.15, 0.2) is 11.5 Å². The third-order valence-corrected chi connectivity index (χ3v) is 4.92. The standard InChI is InChI=1S/C17H23ClO3/c18-14-11-17-16(20-8-9-21-17)10-13(14)15(19)7-6-12-4-2-1-3-5-12/h10-12,15,19H,1-9H2. The Balaban J connectivity index is 1.64. The lowest BCUT2D eigenvalue weighted by Crippen LogP contribution is -2.16. The molecule has 3 rings (SSSR count). The second-order valence-corrected chi connectivity index (χ2v) is 6.52. The van der Waals surface area contributed by atoms with E-state index in [4.69, 9.17) is 21.1 Å². The van der Waals surface area contributed by atoms with Crippen LogP contribution in [0.3, 0.4) is 0 Å². The molecule has 21 heavy (non-hydrogen) atoms. The van der Waals surface area contributed by atoms with Crippen LogP contribution in [0.15, 0.2) is 12.1 Å². The molecule has 1 atom stereocenters. The number of aliphatic hydroxyl groups is 1. The Kier molecular flexibility index (Phi) is 4.91. The summed E-state index contributed by atoms with van der Waals surface area (Å²) in [6.45, 7) is 1.10. The summed E-state index contributed by atoms with van der Waals surface area (Å²) in [7, 11) is 0. The highest BCUT2D eigenvalue weighted by Crippen LogP contribution is 2.39. The molecule has 4 heteroatoms. The first-order chi connectivity index (χ1) is 10.2. The molecular formula is C17H23ClO3. The first kappa shape index (κ1) is 15.0. The van der Waals surface area contributed by atoms with Gasteiger partial charge < -0.3 is 14.6 Å². The molecule has 3 nitrogen and oxygen atoms in total. The average molecular weight is 311 g/mol. The van der Waals surface area contributed by atoms with Crippen LogP contribution in [-0.4, -0.2) is 18.3 Å². The van der Waals surface area contributed by atoms with Gasteiger partial charge >= 0.3 is 0 Å². The first-order valence-electron chi connectivity index (χ1n) is 8.01.